The minimum Gasteiger partial charge on any atom is -0.389 e. The first-order valence-corrected chi connectivity index (χ1v) is 6.52. The van der Waals surface area contributed by atoms with Gasteiger partial charge in [0.2, 0.25) is 0 Å². The molecule has 0 radical (unpaired) electrons. The van der Waals surface area contributed by atoms with E-state index in [0.717, 1.165) is 5.01 Å². The largest absolute Gasteiger partial charge is 0.389 e. The summed E-state index contributed by atoms with van der Waals surface area (Å²) in [7, 11) is 0. The molecule has 2 atom stereocenters. The van der Waals surface area contributed by atoms with E-state index in [1.165, 1.54) is 4.88 Å². The number of nitrogens with zero attached hydrogens (tertiary/aromatic N) is 1. The van der Waals surface area contributed by atoms with E-state index in [4.69, 9.17) is 0 Å². The van der Waals surface area contributed by atoms with Crippen molar-refractivity contribution >= 4 is 11.3 Å². The molecule has 4 heteroatoms. The van der Waals surface area contributed by atoms with E-state index in [2.05, 4.69) is 17.2 Å². The number of rotatable bonds is 5. The first kappa shape index (κ1) is 13.6. The minimum atomic E-state index is -0.659. The monoisotopic (exact) mass is 242 g/mol. The maximum atomic E-state index is 10.1. The van der Waals surface area contributed by atoms with E-state index in [0.29, 0.717) is 6.54 Å². The van der Waals surface area contributed by atoms with E-state index in [-0.39, 0.29) is 12.0 Å². The number of thiazole rings is 1. The van der Waals surface area contributed by atoms with Crippen molar-refractivity contribution < 1.29 is 5.11 Å². The van der Waals surface area contributed by atoms with Crippen molar-refractivity contribution in [1.82, 2.24) is 10.3 Å². The number of hydrogen-bond acceptors (Lipinski definition) is 4. The zero-order valence-electron chi connectivity index (χ0n) is 10.7. The summed E-state index contributed by atoms with van der Waals surface area (Å²) in [6.07, 6.45) is 1.90. The molecule has 0 aliphatic rings. The predicted molar refractivity (Wildman–Crippen MR) is 68.7 cm³/mol. The van der Waals surface area contributed by atoms with Gasteiger partial charge in [0, 0.05) is 23.7 Å². The molecule has 0 aliphatic carbocycles. The van der Waals surface area contributed by atoms with Crippen LogP contribution in [0.15, 0.2) is 6.20 Å². The second-order valence-corrected chi connectivity index (χ2v) is 6.16. The average molecular weight is 242 g/mol. The molecule has 2 unspecified atom stereocenters. The molecule has 0 saturated carbocycles. The van der Waals surface area contributed by atoms with Crippen molar-refractivity contribution in [3.63, 3.8) is 0 Å². The molecule has 16 heavy (non-hydrogen) atoms. The van der Waals surface area contributed by atoms with Crippen LogP contribution < -0.4 is 5.32 Å². The van der Waals surface area contributed by atoms with Gasteiger partial charge in [0.25, 0.3) is 0 Å². The molecule has 1 heterocycles. The molecule has 0 bridgehead atoms. The van der Waals surface area contributed by atoms with Crippen LogP contribution in [-0.4, -0.2) is 22.2 Å². The molecule has 1 rings (SSSR count). The fraction of sp³-hybridized carbons (Fsp3) is 0.750. The number of aromatic nitrogens is 1. The second kappa shape index (κ2) is 5.25. The molecule has 3 nitrogen and oxygen atoms in total. The van der Waals surface area contributed by atoms with E-state index in [9.17, 15) is 5.11 Å². The van der Waals surface area contributed by atoms with Gasteiger partial charge in [0.05, 0.1) is 10.6 Å². The average Bonchev–Trinajstić information content (AvgIpc) is 2.61. The maximum absolute atomic E-state index is 10.1. The van der Waals surface area contributed by atoms with E-state index < -0.39 is 5.60 Å². The van der Waals surface area contributed by atoms with Crippen molar-refractivity contribution in [1.29, 1.82) is 0 Å². The lowest BCUT2D eigenvalue weighted by molar-refractivity contribution is 0.0123. The van der Waals surface area contributed by atoms with Crippen LogP contribution in [0, 0.1) is 12.8 Å². The third kappa shape index (κ3) is 3.54. The Morgan fingerprint density at radius 3 is 2.56 bits per heavy atom. The Labute approximate surface area is 102 Å². The van der Waals surface area contributed by atoms with Gasteiger partial charge in [-0.15, -0.1) is 11.3 Å². The molecule has 0 aromatic carbocycles. The predicted octanol–water partition coefficient (Wildman–Crippen LogP) is 2.51. The standard InChI is InChI=1S/C12H22N2OS/c1-8(2)12(5,15)7-14-9(3)11-6-13-10(4)16-11/h6,8-9,14-15H,7H2,1-5H3. The first-order valence-electron chi connectivity index (χ1n) is 5.71. The number of hydrogen-bond donors (Lipinski definition) is 2. The van der Waals surface area contributed by atoms with Crippen LogP contribution in [-0.2, 0) is 0 Å². The van der Waals surface area contributed by atoms with Crippen LogP contribution in [0.1, 0.15) is 43.6 Å². The van der Waals surface area contributed by atoms with Gasteiger partial charge in [0.15, 0.2) is 0 Å². The van der Waals surface area contributed by atoms with Crippen LogP contribution >= 0.6 is 11.3 Å². The third-order valence-electron chi connectivity index (χ3n) is 3.08. The van der Waals surface area contributed by atoms with Gasteiger partial charge in [-0.05, 0) is 26.7 Å². The highest BCUT2D eigenvalue weighted by Crippen LogP contribution is 2.21. The van der Waals surface area contributed by atoms with E-state index in [1.54, 1.807) is 11.3 Å². The summed E-state index contributed by atoms with van der Waals surface area (Å²) >= 11 is 1.70. The summed E-state index contributed by atoms with van der Waals surface area (Å²) < 4.78 is 0. The van der Waals surface area contributed by atoms with Crippen molar-refractivity contribution in [3.05, 3.63) is 16.1 Å². The fourth-order valence-corrected chi connectivity index (χ4v) is 2.05. The highest BCUT2D eigenvalue weighted by Gasteiger charge is 2.25. The smallest absolute Gasteiger partial charge is 0.0897 e. The Balaban J connectivity index is 2.50. The number of nitrogens with one attached hydrogen (secondary N) is 1. The maximum Gasteiger partial charge on any atom is 0.0897 e. The van der Waals surface area contributed by atoms with Gasteiger partial charge in [-0.2, -0.15) is 0 Å². The van der Waals surface area contributed by atoms with E-state index >= 15 is 0 Å². The number of aliphatic hydroxyl groups is 1. The van der Waals surface area contributed by atoms with Crippen molar-refractivity contribution in [2.75, 3.05) is 6.54 Å². The molecular formula is C12H22N2OS. The molecule has 2 N–H and O–H groups in total. The molecule has 1 aromatic heterocycles. The Bertz CT molecular complexity index is 334. The zero-order valence-corrected chi connectivity index (χ0v) is 11.6. The Hall–Kier alpha value is -0.450. The summed E-state index contributed by atoms with van der Waals surface area (Å²) in [6, 6.07) is 0.247. The van der Waals surface area contributed by atoms with Gasteiger partial charge < -0.3 is 10.4 Å². The van der Waals surface area contributed by atoms with Gasteiger partial charge in [-0.3, -0.25) is 0 Å². The molecule has 1 aromatic rings. The lowest BCUT2D eigenvalue weighted by atomic mass is 9.92. The zero-order chi connectivity index (χ0) is 12.3. The van der Waals surface area contributed by atoms with Crippen molar-refractivity contribution in [3.8, 4) is 0 Å². The fourth-order valence-electron chi connectivity index (χ4n) is 1.24. The first-order chi connectivity index (χ1) is 7.33. The summed E-state index contributed by atoms with van der Waals surface area (Å²) in [5.41, 5.74) is -0.659. The Morgan fingerprint density at radius 1 is 1.50 bits per heavy atom. The Kier molecular flexibility index (Phi) is 4.47. The quantitative estimate of drug-likeness (QED) is 0.834. The summed E-state index contributed by atoms with van der Waals surface area (Å²) in [5.74, 6) is 0.246. The molecule has 92 valence electrons. The second-order valence-electron chi connectivity index (χ2n) is 4.90. The molecule has 0 fully saturated rings. The topological polar surface area (TPSA) is 45.2 Å². The summed E-state index contributed by atoms with van der Waals surface area (Å²) in [5, 5.41) is 14.6. The molecular weight excluding hydrogens is 220 g/mol. The van der Waals surface area contributed by atoms with Crippen LogP contribution in [0.4, 0.5) is 0 Å². The Morgan fingerprint density at radius 2 is 2.12 bits per heavy atom. The highest BCUT2D eigenvalue weighted by molar-refractivity contribution is 7.11. The SMILES string of the molecule is Cc1ncc(C(C)NCC(C)(O)C(C)C)s1. The third-order valence-corrected chi connectivity index (χ3v) is 4.17. The van der Waals surface area contributed by atoms with Gasteiger partial charge in [0.1, 0.15) is 0 Å². The molecule has 0 amide bonds. The van der Waals surface area contributed by atoms with Crippen molar-refractivity contribution in [2.45, 2.75) is 46.3 Å². The van der Waals surface area contributed by atoms with Crippen LogP contribution in [0.2, 0.25) is 0 Å². The minimum absolute atomic E-state index is 0.246. The molecule has 0 aliphatic heterocycles. The lowest BCUT2D eigenvalue weighted by Crippen LogP contribution is -2.42. The molecule has 0 spiro atoms. The summed E-state index contributed by atoms with van der Waals surface area (Å²) in [4.78, 5) is 5.45. The van der Waals surface area contributed by atoms with Gasteiger partial charge >= 0.3 is 0 Å². The van der Waals surface area contributed by atoms with Crippen LogP contribution in [0.5, 0.6) is 0 Å². The van der Waals surface area contributed by atoms with Crippen LogP contribution in [0.25, 0.3) is 0 Å². The molecule has 0 saturated heterocycles. The van der Waals surface area contributed by atoms with Crippen LogP contribution in [0.3, 0.4) is 0 Å². The van der Waals surface area contributed by atoms with Crippen molar-refractivity contribution in [2.24, 2.45) is 5.92 Å². The lowest BCUT2D eigenvalue weighted by Gasteiger charge is -2.29. The summed E-state index contributed by atoms with van der Waals surface area (Å²) in [6.45, 7) is 10.6. The number of aryl methyl sites for hydroxylation is 1. The van der Waals surface area contributed by atoms with E-state index in [1.807, 2.05) is 33.9 Å². The highest BCUT2D eigenvalue weighted by atomic mass is 32.1. The van der Waals surface area contributed by atoms with Gasteiger partial charge in [-0.25, -0.2) is 4.98 Å². The van der Waals surface area contributed by atoms with Gasteiger partial charge in [-0.1, -0.05) is 13.8 Å². The normalized spacial score (nSPS) is 17.4.